The van der Waals surface area contributed by atoms with Gasteiger partial charge >= 0.3 is 12.4 Å². The van der Waals surface area contributed by atoms with Crippen LogP contribution in [0.3, 0.4) is 0 Å². The Balaban J connectivity index is 5.50. The third-order valence-electron chi connectivity index (χ3n) is 3.26. The first-order valence-electron chi connectivity index (χ1n) is 6.86. The SMILES string of the molecule is CO[Si](C)(C)CCCC(O[Si](C)(C)C)(C(F)(F)F)C(F)(F)F. The lowest BCUT2D eigenvalue weighted by Crippen LogP contribution is -2.62. The van der Waals surface area contributed by atoms with Crippen molar-refractivity contribution in [2.75, 3.05) is 7.11 Å². The maximum absolute atomic E-state index is 13.3. The van der Waals surface area contributed by atoms with E-state index in [9.17, 15) is 26.3 Å². The van der Waals surface area contributed by atoms with Gasteiger partial charge in [-0.2, -0.15) is 26.3 Å². The molecule has 0 spiro atoms. The van der Waals surface area contributed by atoms with Crippen LogP contribution in [-0.4, -0.2) is 41.7 Å². The molecule has 0 aliphatic carbocycles. The maximum atomic E-state index is 13.3. The molecule has 0 radical (unpaired) electrons. The molecule has 0 aromatic rings. The molecule has 134 valence electrons. The van der Waals surface area contributed by atoms with Crippen molar-refractivity contribution in [3.8, 4) is 0 Å². The summed E-state index contributed by atoms with van der Waals surface area (Å²) in [6.07, 6.45) is -12.4. The average Bonchev–Trinajstić information content (AvgIpc) is 2.22. The highest BCUT2D eigenvalue weighted by Crippen LogP contribution is 2.50. The number of rotatable bonds is 7. The molecule has 0 aliphatic rings. The van der Waals surface area contributed by atoms with Crippen molar-refractivity contribution in [1.82, 2.24) is 0 Å². The Bertz CT molecular complexity index is 346. The first-order valence-corrected chi connectivity index (χ1v) is 13.4. The molecule has 0 atom stereocenters. The van der Waals surface area contributed by atoms with E-state index in [-0.39, 0.29) is 12.5 Å². The molecule has 0 amide bonds. The van der Waals surface area contributed by atoms with Gasteiger partial charge in [0.2, 0.25) is 5.60 Å². The molecule has 0 N–H and O–H groups in total. The predicted molar refractivity (Wildman–Crippen MR) is 77.8 cm³/mol. The summed E-state index contributed by atoms with van der Waals surface area (Å²) in [6, 6.07) is 0.201. The minimum atomic E-state index is -5.51. The van der Waals surface area contributed by atoms with Crippen LogP contribution < -0.4 is 0 Å². The summed E-state index contributed by atoms with van der Waals surface area (Å²) in [5.41, 5.74) is -4.09. The van der Waals surface area contributed by atoms with Crippen LogP contribution in [0.15, 0.2) is 0 Å². The Morgan fingerprint density at radius 1 is 0.818 bits per heavy atom. The maximum Gasteiger partial charge on any atom is 0.425 e. The zero-order chi connectivity index (χ0) is 18.0. The van der Waals surface area contributed by atoms with Crippen LogP contribution in [0, 0.1) is 0 Å². The Morgan fingerprint density at radius 3 is 1.50 bits per heavy atom. The van der Waals surface area contributed by atoms with Crippen LogP contribution in [0.4, 0.5) is 26.3 Å². The van der Waals surface area contributed by atoms with Crippen molar-refractivity contribution in [2.24, 2.45) is 0 Å². The minimum Gasteiger partial charge on any atom is -0.420 e. The standard InChI is InChI=1S/C12H24F6O2Si2/c1-19-22(5,6)9-7-8-10(11(13,14)15,12(16,17)18)20-21(2,3)4/h7-9H2,1-6H3. The highest BCUT2D eigenvalue weighted by atomic mass is 28.4. The average molecular weight is 370 g/mol. The van der Waals surface area contributed by atoms with Crippen molar-refractivity contribution in [3.05, 3.63) is 0 Å². The normalized spacial score (nSPS) is 15.3. The number of hydrogen-bond acceptors (Lipinski definition) is 2. The first kappa shape index (κ1) is 21.9. The van der Waals surface area contributed by atoms with E-state index in [0.29, 0.717) is 0 Å². The largest absolute Gasteiger partial charge is 0.425 e. The van der Waals surface area contributed by atoms with E-state index in [2.05, 4.69) is 4.43 Å². The van der Waals surface area contributed by atoms with Crippen LogP contribution >= 0.6 is 0 Å². The summed E-state index contributed by atoms with van der Waals surface area (Å²) in [5.74, 6) is 0. The third-order valence-corrected chi connectivity index (χ3v) is 6.88. The van der Waals surface area contributed by atoms with Gasteiger partial charge in [0.15, 0.2) is 16.6 Å². The molecule has 0 saturated carbocycles. The summed E-state index contributed by atoms with van der Waals surface area (Å²) >= 11 is 0. The van der Waals surface area contributed by atoms with Crippen molar-refractivity contribution < 1.29 is 35.2 Å². The Morgan fingerprint density at radius 2 is 1.23 bits per heavy atom. The van der Waals surface area contributed by atoms with E-state index in [0.717, 1.165) is 0 Å². The third kappa shape index (κ3) is 5.86. The quantitative estimate of drug-likeness (QED) is 0.445. The molecule has 0 rings (SSSR count). The fourth-order valence-corrected chi connectivity index (χ4v) is 4.61. The van der Waals surface area contributed by atoms with Gasteiger partial charge < -0.3 is 8.85 Å². The highest BCUT2D eigenvalue weighted by Gasteiger charge is 2.72. The van der Waals surface area contributed by atoms with E-state index in [4.69, 9.17) is 4.43 Å². The molecule has 2 nitrogen and oxygen atoms in total. The summed E-state index contributed by atoms with van der Waals surface area (Å²) in [6.45, 7) is 7.43. The van der Waals surface area contributed by atoms with Gasteiger partial charge in [-0.1, -0.05) is 6.42 Å². The molecule has 10 heteroatoms. The van der Waals surface area contributed by atoms with E-state index in [1.54, 1.807) is 13.1 Å². The summed E-state index contributed by atoms with van der Waals surface area (Å²) < 4.78 is 89.4. The summed E-state index contributed by atoms with van der Waals surface area (Å²) in [4.78, 5) is 0. The van der Waals surface area contributed by atoms with Crippen LogP contribution in [0.5, 0.6) is 0 Å². The van der Waals surface area contributed by atoms with Crippen molar-refractivity contribution in [3.63, 3.8) is 0 Å². The van der Waals surface area contributed by atoms with Gasteiger partial charge in [-0.25, -0.2) is 0 Å². The molecule has 0 aromatic carbocycles. The fraction of sp³-hybridized carbons (Fsp3) is 1.00. The van der Waals surface area contributed by atoms with Crippen molar-refractivity contribution >= 4 is 16.6 Å². The lowest BCUT2D eigenvalue weighted by molar-refractivity contribution is -0.362. The van der Waals surface area contributed by atoms with Gasteiger partial charge in [-0.15, -0.1) is 0 Å². The molecular weight excluding hydrogens is 346 g/mol. The van der Waals surface area contributed by atoms with Gasteiger partial charge in [0.1, 0.15) is 0 Å². The monoisotopic (exact) mass is 370 g/mol. The molecular formula is C12H24F6O2Si2. The highest BCUT2D eigenvalue weighted by molar-refractivity contribution is 6.71. The molecule has 0 aromatic heterocycles. The zero-order valence-electron chi connectivity index (χ0n) is 13.7. The smallest absolute Gasteiger partial charge is 0.420 e. The Kier molecular flexibility index (Phi) is 6.80. The Labute approximate surface area is 129 Å². The molecule has 0 unspecified atom stereocenters. The first-order chi connectivity index (χ1) is 9.47. The fourth-order valence-electron chi connectivity index (χ4n) is 2.00. The summed E-state index contributed by atoms with van der Waals surface area (Å²) in [5, 5.41) is 0. The number of halogens is 6. The molecule has 0 fully saturated rings. The lowest BCUT2D eigenvalue weighted by atomic mass is 9.96. The van der Waals surface area contributed by atoms with E-state index in [1.165, 1.54) is 26.8 Å². The van der Waals surface area contributed by atoms with Gasteiger partial charge in [0.25, 0.3) is 0 Å². The van der Waals surface area contributed by atoms with Crippen molar-refractivity contribution in [1.29, 1.82) is 0 Å². The number of alkyl halides is 6. The Hall–Kier alpha value is -0.0662. The molecule has 0 bridgehead atoms. The predicted octanol–water partition coefficient (Wildman–Crippen LogP) is 5.33. The van der Waals surface area contributed by atoms with E-state index < -0.39 is 41.0 Å². The topological polar surface area (TPSA) is 18.5 Å². The van der Waals surface area contributed by atoms with E-state index in [1.807, 2.05) is 0 Å². The van der Waals surface area contributed by atoms with Crippen LogP contribution in [-0.2, 0) is 8.85 Å². The molecule has 22 heavy (non-hydrogen) atoms. The second-order valence-corrected chi connectivity index (χ2v) is 15.7. The van der Waals surface area contributed by atoms with Crippen molar-refractivity contribution in [2.45, 2.75) is 69.6 Å². The second-order valence-electron chi connectivity index (χ2n) is 6.85. The second kappa shape index (κ2) is 6.82. The van der Waals surface area contributed by atoms with Gasteiger partial charge in [0.05, 0.1) is 0 Å². The summed E-state index contributed by atoms with van der Waals surface area (Å²) in [7, 11) is -3.89. The van der Waals surface area contributed by atoms with Crippen LogP contribution in [0.1, 0.15) is 12.8 Å². The van der Waals surface area contributed by atoms with Gasteiger partial charge in [0, 0.05) is 7.11 Å². The molecule has 0 heterocycles. The zero-order valence-corrected chi connectivity index (χ0v) is 15.7. The number of hydrogen-bond donors (Lipinski definition) is 0. The van der Waals surface area contributed by atoms with Gasteiger partial charge in [-0.3, -0.25) is 0 Å². The molecule has 0 aliphatic heterocycles. The van der Waals surface area contributed by atoms with Crippen LogP contribution in [0.2, 0.25) is 38.8 Å². The minimum absolute atomic E-state index is 0.201. The van der Waals surface area contributed by atoms with Crippen LogP contribution in [0.25, 0.3) is 0 Å². The van der Waals surface area contributed by atoms with Gasteiger partial charge in [-0.05, 0) is 45.2 Å². The molecule has 0 saturated heterocycles. The van der Waals surface area contributed by atoms with E-state index >= 15 is 0 Å². The lowest BCUT2D eigenvalue weighted by Gasteiger charge is -2.41.